The van der Waals surface area contributed by atoms with Gasteiger partial charge >= 0.3 is 0 Å². The number of aromatic nitrogens is 1. The fraction of sp³-hybridized carbons (Fsp3) is 0.200. The molecule has 102 valence electrons. The van der Waals surface area contributed by atoms with Gasteiger partial charge in [0.1, 0.15) is 0 Å². The fourth-order valence-corrected chi connectivity index (χ4v) is 3.15. The number of nitrogens with zero attached hydrogens (tertiary/aromatic N) is 2. The second kappa shape index (κ2) is 5.54. The van der Waals surface area contributed by atoms with Gasteiger partial charge < -0.3 is 10.6 Å². The van der Waals surface area contributed by atoms with Crippen molar-refractivity contribution in [2.24, 2.45) is 0 Å². The van der Waals surface area contributed by atoms with E-state index in [1.54, 1.807) is 12.4 Å². The van der Waals surface area contributed by atoms with E-state index in [1.165, 1.54) is 17.3 Å². The smallest absolute Gasteiger partial charge is 0.237 e. The molecule has 4 nitrogen and oxygen atoms in total. The normalized spacial score (nSPS) is 13.3. The molecule has 3 rings (SSSR count). The summed E-state index contributed by atoms with van der Waals surface area (Å²) < 4.78 is 0. The molecule has 5 heteroatoms. The van der Waals surface area contributed by atoms with Crippen molar-refractivity contribution < 1.29 is 4.79 Å². The highest BCUT2D eigenvalue weighted by molar-refractivity contribution is 8.00. The van der Waals surface area contributed by atoms with Crippen molar-refractivity contribution in [3.63, 3.8) is 0 Å². The molecule has 0 unspecified atom stereocenters. The summed E-state index contributed by atoms with van der Waals surface area (Å²) >= 11 is 1.46. The van der Waals surface area contributed by atoms with E-state index in [2.05, 4.69) is 11.1 Å². The monoisotopic (exact) mass is 285 g/mol. The van der Waals surface area contributed by atoms with Gasteiger partial charge in [0, 0.05) is 23.3 Å². The highest BCUT2D eigenvalue weighted by Crippen LogP contribution is 2.29. The quantitative estimate of drug-likeness (QED) is 0.879. The molecule has 0 atom stereocenters. The van der Waals surface area contributed by atoms with Gasteiger partial charge in [-0.3, -0.25) is 9.78 Å². The molecular formula is C15H15N3OS. The Morgan fingerprint density at radius 2 is 2.20 bits per heavy atom. The summed E-state index contributed by atoms with van der Waals surface area (Å²) in [6.45, 7) is 0.768. The van der Waals surface area contributed by atoms with Crippen LogP contribution in [0.1, 0.15) is 5.56 Å². The SMILES string of the molecule is Nc1cnccc1SCC(=O)N1CCc2ccccc21. The second-order valence-electron chi connectivity index (χ2n) is 4.63. The summed E-state index contributed by atoms with van der Waals surface area (Å²) in [5, 5.41) is 0. The predicted octanol–water partition coefficient (Wildman–Crippen LogP) is 2.35. The molecule has 20 heavy (non-hydrogen) atoms. The van der Waals surface area contributed by atoms with Crippen LogP contribution in [0.2, 0.25) is 0 Å². The summed E-state index contributed by atoms with van der Waals surface area (Å²) in [4.78, 5) is 19.1. The van der Waals surface area contributed by atoms with E-state index in [-0.39, 0.29) is 5.91 Å². The van der Waals surface area contributed by atoms with Crippen molar-refractivity contribution in [1.82, 2.24) is 4.98 Å². The van der Waals surface area contributed by atoms with E-state index in [0.717, 1.165) is 23.5 Å². The van der Waals surface area contributed by atoms with Crippen LogP contribution in [0.4, 0.5) is 11.4 Å². The first-order valence-electron chi connectivity index (χ1n) is 6.46. The van der Waals surface area contributed by atoms with E-state index < -0.39 is 0 Å². The third-order valence-corrected chi connectivity index (χ3v) is 4.42. The van der Waals surface area contributed by atoms with Crippen LogP contribution in [-0.4, -0.2) is 23.2 Å². The minimum atomic E-state index is 0.121. The van der Waals surface area contributed by atoms with Gasteiger partial charge in [0.05, 0.1) is 17.6 Å². The largest absolute Gasteiger partial charge is 0.397 e. The van der Waals surface area contributed by atoms with Crippen molar-refractivity contribution >= 4 is 29.0 Å². The lowest BCUT2D eigenvalue weighted by atomic mass is 10.2. The molecule has 0 aliphatic carbocycles. The van der Waals surface area contributed by atoms with Gasteiger partial charge in [-0.2, -0.15) is 0 Å². The number of fused-ring (bicyclic) bond motifs is 1. The maximum atomic E-state index is 12.3. The molecule has 1 aromatic carbocycles. The number of carbonyl (C=O) groups excluding carboxylic acids is 1. The molecule has 0 saturated carbocycles. The zero-order valence-corrected chi connectivity index (χ0v) is 11.8. The fourth-order valence-electron chi connectivity index (χ4n) is 2.34. The Kier molecular flexibility index (Phi) is 3.60. The average Bonchev–Trinajstić information content (AvgIpc) is 2.90. The van der Waals surface area contributed by atoms with Crippen LogP contribution >= 0.6 is 11.8 Å². The van der Waals surface area contributed by atoms with Crippen LogP contribution in [0.15, 0.2) is 47.6 Å². The van der Waals surface area contributed by atoms with Crippen molar-refractivity contribution in [2.75, 3.05) is 22.9 Å². The number of pyridine rings is 1. The number of thioether (sulfide) groups is 1. The van der Waals surface area contributed by atoms with Gasteiger partial charge in [0.25, 0.3) is 0 Å². The molecule has 0 bridgehead atoms. The maximum Gasteiger partial charge on any atom is 0.237 e. The van der Waals surface area contributed by atoms with Crippen LogP contribution in [0, 0.1) is 0 Å². The lowest BCUT2D eigenvalue weighted by Crippen LogP contribution is -2.30. The van der Waals surface area contributed by atoms with Gasteiger partial charge in [-0.15, -0.1) is 11.8 Å². The maximum absolute atomic E-state index is 12.3. The highest BCUT2D eigenvalue weighted by Gasteiger charge is 2.23. The van der Waals surface area contributed by atoms with Crippen molar-refractivity contribution in [3.8, 4) is 0 Å². The summed E-state index contributed by atoms with van der Waals surface area (Å²) in [7, 11) is 0. The molecule has 2 aromatic rings. The number of hydrogen-bond acceptors (Lipinski definition) is 4. The van der Waals surface area contributed by atoms with Gasteiger partial charge in [-0.1, -0.05) is 18.2 Å². The molecule has 0 spiro atoms. The molecule has 1 aliphatic heterocycles. The number of nitrogen functional groups attached to an aromatic ring is 1. The zero-order valence-electron chi connectivity index (χ0n) is 11.0. The molecule has 1 aliphatic rings. The number of hydrogen-bond donors (Lipinski definition) is 1. The first-order chi connectivity index (χ1) is 9.75. The second-order valence-corrected chi connectivity index (χ2v) is 5.64. The van der Waals surface area contributed by atoms with E-state index >= 15 is 0 Å². The molecule has 1 aromatic heterocycles. The molecule has 1 amide bonds. The number of nitrogens with two attached hydrogens (primary N) is 1. The standard InChI is InChI=1S/C15H15N3OS/c16-12-9-17-7-5-14(12)20-10-15(19)18-8-6-11-3-1-2-4-13(11)18/h1-5,7,9H,6,8,10,16H2. The molecule has 0 saturated heterocycles. The van der Waals surface area contributed by atoms with Crippen LogP contribution in [0.5, 0.6) is 0 Å². The first-order valence-corrected chi connectivity index (χ1v) is 7.45. The summed E-state index contributed by atoms with van der Waals surface area (Å²) in [5.41, 5.74) is 8.73. The van der Waals surface area contributed by atoms with Crippen molar-refractivity contribution in [2.45, 2.75) is 11.3 Å². The Balaban J connectivity index is 1.68. The Bertz CT molecular complexity index is 645. The lowest BCUT2D eigenvalue weighted by molar-refractivity contribution is -0.116. The molecule has 2 heterocycles. The summed E-state index contributed by atoms with van der Waals surface area (Å²) in [6, 6.07) is 9.91. The van der Waals surface area contributed by atoms with Crippen molar-refractivity contribution in [3.05, 3.63) is 48.3 Å². The third kappa shape index (κ3) is 2.49. The van der Waals surface area contributed by atoms with Gasteiger partial charge in [0.15, 0.2) is 0 Å². The van der Waals surface area contributed by atoms with E-state index in [1.807, 2.05) is 29.2 Å². The number of para-hydroxylation sites is 1. The van der Waals surface area contributed by atoms with Crippen molar-refractivity contribution in [1.29, 1.82) is 0 Å². The van der Waals surface area contributed by atoms with E-state index in [9.17, 15) is 4.79 Å². The highest BCUT2D eigenvalue weighted by atomic mass is 32.2. The number of benzene rings is 1. The Morgan fingerprint density at radius 1 is 1.35 bits per heavy atom. The first kappa shape index (κ1) is 13.0. The summed E-state index contributed by atoms with van der Waals surface area (Å²) in [6.07, 6.45) is 4.23. The van der Waals surface area contributed by atoms with Crippen LogP contribution in [0.3, 0.4) is 0 Å². The number of carbonyl (C=O) groups is 1. The predicted molar refractivity (Wildman–Crippen MR) is 81.9 cm³/mol. The van der Waals surface area contributed by atoms with Crippen LogP contribution in [-0.2, 0) is 11.2 Å². The minimum Gasteiger partial charge on any atom is -0.397 e. The zero-order chi connectivity index (χ0) is 13.9. The molecule has 0 fully saturated rings. The number of anilines is 2. The van der Waals surface area contributed by atoms with Gasteiger partial charge in [-0.25, -0.2) is 0 Å². The van der Waals surface area contributed by atoms with Gasteiger partial charge in [-0.05, 0) is 24.1 Å². The van der Waals surface area contributed by atoms with Crippen LogP contribution < -0.4 is 10.6 Å². The molecule has 0 radical (unpaired) electrons. The summed E-state index contributed by atoms with van der Waals surface area (Å²) in [5.74, 6) is 0.513. The lowest BCUT2D eigenvalue weighted by Gasteiger charge is -2.17. The Morgan fingerprint density at radius 3 is 3.05 bits per heavy atom. The topological polar surface area (TPSA) is 59.2 Å². The minimum absolute atomic E-state index is 0.121. The van der Waals surface area contributed by atoms with E-state index in [4.69, 9.17) is 5.73 Å². The third-order valence-electron chi connectivity index (χ3n) is 3.35. The number of amides is 1. The van der Waals surface area contributed by atoms with E-state index in [0.29, 0.717) is 11.4 Å². The number of rotatable bonds is 3. The Labute approximate surface area is 122 Å². The molecular weight excluding hydrogens is 270 g/mol. The van der Waals surface area contributed by atoms with Gasteiger partial charge in [0.2, 0.25) is 5.91 Å². The van der Waals surface area contributed by atoms with Crippen LogP contribution in [0.25, 0.3) is 0 Å². The average molecular weight is 285 g/mol. The Hall–Kier alpha value is -2.01. The molecule has 2 N–H and O–H groups in total.